The van der Waals surface area contributed by atoms with Gasteiger partial charge in [-0.1, -0.05) is 6.07 Å². The number of carbonyl (C=O) groups is 1. The van der Waals surface area contributed by atoms with Crippen LogP contribution in [0.5, 0.6) is 0 Å². The highest BCUT2D eigenvalue weighted by molar-refractivity contribution is 5.74. The van der Waals surface area contributed by atoms with E-state index < -0.39 is 0 Å². The number of likely N-dealkylation sites (N-methyl/N-ethyl adjacent to an activating group) is 1. The van der Waals surface area contributed by atoms with Crippen LogP contribution in [-0.4, -0.2) is 72.7 Å². The summed E-state index contributed by atoms with van der Waals surface area (Å²) in [5, 5.41) is 5.96. The lowest BCUT2D eigenvalue weighted by Gasteiger charge is -2.50. The van der Waals surface area contributed by atoms with Crippen molar-refractivity contribution < 1.29 is 4.79 Å². The molecule has 0 aromatic carbocycles. The Bertz CT molecular complexity index is 593. The van der Waals surface area contributed by atoms with E-state index in [1.165, 1.54) is 25.1 Å². The van der Waals surface area contributed by atoms with Crippen LogP contribution in [0.1, 0.15) is 32.4 Å². The van der Waals surface area contributed by atoms with Gasteiger partial charge in [0.2, 0.25) is 0 Å². The smallest absolute Gasteiger partial charge is 0.315 e. The summed E-state index contributed by atoms with van der Waals surface area (Å²) in [6, 6.07) is 6.77. The molecular formula is C21H35N5O. The van der Waals surface area contributed by atoms with Crippen LogP contribution in [0.4, 0.5) is 4.79 Å². The molecule has 3 aliphatic heterocycles. The number of rotatable bonds is 8. The summed E-state index contributed by atoms with van der Waals surface area (Å²) < 4.78 is 0. The molecule has 3 aliphatic rings. The second-order valence-electron chi connectivity index (χ2n) is 8.54. The Morgan fingerprint density at radius 3 is 2.93 bits per heavy atom. The zero-order valence-corrected chi connectivity index (χ0v) is 17.0. The molecule has 4 atom stereocenters. The second kappa shape index (κ2) is 9.51. The summed E-state index contributed by atoms with van der Waals surface area (Å²) in [7, 11) is 2.23. The van der Waals surface area contributed by atoms with Crippen molar-refractivity contribution >= 4 is 6.03 Å². The van der Waals surface area contributed by atoms with Gasteiger partial charge in [-0.15, -0.1) is 0 Å². The lowest BCUT2D eigenvalue weighted by atomic mass is 9.75. The normalized spacial score (nSPS) is 27.1. The standard InChI is InChI=1S/C21H35N5O/c1-16(2)24-21(27)23-13-20-12-17-7-11-26(20)15-18(17)14-25(3)10-8-19-6-4-5-9-22-19/h4-6,9,16-18,20H,7-8,10-15H2,1-3H3,(H2,23,24,27). The van der Waals surface area contributed by atoms with Gasteiger partial charge in [-0.25, -0.2) is 4.79 Å². The Hall–Kier alpha value is -1.66. The van der Waals surface area contributed by atoms with E-state index in [0.717, 1.165) is 44.4 Å². The molecule has 0 aliphatic carbocycles. The van der Waals surface area contributed by atoms with Crippen molar-refractivity contribution in [3.8, 4) is 0 Å². The Kier molecular flexibility index (Phi) is 7.07. The van der Waals surface area contributed by atoms with E-state index in [2.05, 4.69) is 44.6 Å². The minimum atomic E-state index is -0.0431. The molecular weight excluding hydrogens is 338 g/mol. The lowest BCUT2D eigenvalue weighted by Crippen LogP contribution is -2.59. The number of hydrogen-bond acceptors (Lipinski definition) is 4. The van der Waals surface area contributed by atoms with E-state index in [1.54, 1.807) is 0 Å². The molecule has 6 nitrogen and oxygen atoms in total. The number of nitrogens with zero attached hydrogens (tertiary/aromatic N) is 3. The number of urea groups is 1. The van der Waals surface area contributed by atoms with Gasteiger partial charge in [0, 0.05) is 56.6 Å². The van der Waals surface area contributed by atoms with E-state index in [-0.39, 0.29) is 12.1 Å². The van der Waals surface area contributed by atoms with Crippen LogP contribution in [0.3, 0.4) is 0 Å². The molecule has 4 heterocycles. The first-order chi connectivity index (χ1) is 13.0. The SMILES string of the molecule is CC(C)NC(=O)NCC1CC2CCN1CC2CN(C)CCc1ccccn1. The third-order valence-electron chi connectivity index (χ3n) is 5.95. The van der Waals surface area contributed by atoms with Crippen molar-refractivity contribution in [1.82, 2.24) is 25.4 Å². The lowest BCUT2D eigenvalue weighted by molar-refractivity contribution is -0.00816. The zero-order valence-electron chi connectivity index (χ0n) is 17.0. The molecule has 3 saturated heterocycles. The third kappa shape index (κ3) is 5.91. The van der Waals surface area contributed by atoms with Crippen LogP contribution in [-0.2, 0) is 6.42 Å². The van der Waals surface area contributed by atoms with Gasteiger partial charge in [-0.3, -0.25) is 9.88 Å². The Morgan fingerprint density at radius 2 is 2.26 bits per heavy atom. The predicted molar refractivity (Wildman–Crippen MR) is 109 cm³/mol. The number of nitrogens with one attached hydrogen (secondary N) is 2. The molecule has 3 fully saturated rings. The maximum Gasteiger partial charge on any atom is 0.315 e. The number of piperidine rings is 3. The molecule has 2 amide bonds. The predicted octanol–water partition coefficient (Wildman–Crippen LogP) is 1.97. The zero-order chi connectivity index (χ0) is 19.2. The molecule has 6 heteroatoms. The number of hydrogen-bond donors (Lipinski definition) is 2. The fraction of sp³-hybridized carbons (Fsp3) is 0.714. The Labute approximate surface area is 163 Å². The summed E-state index contributed by atoms with van der Waals surface area (Å²) in [6.07, 6.45) is 5.39. The largest absolute Gasteiger partial charge is 0.337 e. The molecule has 150 valence electrons. The van der Waals surface area contributed by atoms with Gasteiger partial charge in [0.1, 0.15) is 0 Å². The minimum absolute atomic E-state index is 0.0431. The van der Waals surface area contributed by atoms with Gasteiger partial charge in [0.25, 0.3) is 0 Å². The van der Waals surface area contributed by atoms with E-state index >= 15 is 0 Å². The van der Waals surface area contributed by atoms with Gasteiger partial charge >= 0.3 is 6.03 Å². The van der Waals surface area contributed by atoms with Crippen LogP contribution in [0.15, 0.2) is 24.4 Å². The van der Waals surface area contributed by atoms with Gasteiger partial charge in [0.15, 0.2) is 0 Å². The molecule has 1 aromatic heterocycles. The van der Waals surface area contributed by atoms with E-state index in [1.807, 2.05) is 26.1 Å². The first-order valence-electron chi connectivity index (χ1n) is 10.4. The van der Waals surface area contributed by atoms with Crippen molar-refractivity contribution in [1.29, 1.82) is 0 Å². The van der Waals surface area contributed by atoms with Crippen LogP contribution in [0.2, 0.25) is 0 Å². The summed E-state index contributed by atoms with van der Waals surface area (Å²) in [5.41, 5.74) is 1.17. The fourth-order valence-electron chi connectivity index (χ4n) is 4.54. The van der Waals surface area contributed by atoms with Gasteiger partial charge in [-0.2, -0.15) is 0 Å². The van der Waals surface area contributed by atoms with Crippen molar-refractivity contribution in [3.63, 3.8) is 0 Å². The Balaban J connectivity index is 1.41. The van der Waals surface area contributed by atoms with E-state index in [9.17, 15) is 4.79 Å². The second-order valence-corrected chi connectivity index (χ2v) is 8.54. The van der Waals surface area contributed by atoms with Crippen molar-refractivity contribution in [3.05, 3.63) is 30.1 Å². The van der Waals surface area contributed by atoms with Crippen molar-refractivity contribution in [2.24, 2.45) is 11.8 Å². The van der Waals surface area contributed by atoms with Crippen LogP contribution >= 0.6 is 0 Å². The average molecular weight is 374 g/mol. The molecule has 1 aromatic rings. The molecule has 0 radical (unpaired) electrons. The molecule has 4 rings (SSSR count). The average Bonchev–Trinajstić information content (AvgIpc) is 2.66. The fourth-order valence-corrected chi connectivity index (χ4v) is 4.54. The van der Waals surface area contributed by atoms with E-state index in [0.29, 0.717) is 6.04 Å². The number of fused-ring (bicyclic) bond motifs is 3. The number of carbonyl (C=O) groups excluding carboxylic acids is 1. The topological polar surface area (TPSA) is 60.5 Å². The monoisotopic (exact) mass is 373 g/mol. The highest BCUT2D eigenvalue weighted by atomic mass is 16.2. The van der Waals surface area contributed by atoms with Crippen molar-refractivity contribution in [2.75, 3.05) is 39.8 Å². The van der Waals surface area contributed by atoms with E-state index in [4.69, 9.17) is 0 Å². The summed E-state index contributed by atoms with van der Waals surface area (Å²) >= 11 is 0. The molecule has 27 heavy (non-hydrogen) atoms. The van der Waals surface area contributed by atoms with Crippen LogP contribution in [0.25, 0.3) is 0 Å². The van der Waals surface area contributed by atoms with Crippen LogP contribution in [0, 0.1) is 11.8 Å². The highest BCUT2D eigenvalue weighted by Crippen LogP contribution is 2.36. The van der Waals surface area contributed by atoms with Crippen molar-refractivity contribution in [2.45, 2.75) is 45.2 Å². The highest BCUT2D eigenvalue weighted by Gasteiger charge is 2.40. The van der Waals surface area contributed by atoms with Crippen LogP contribution < -0.4 is 10.6 Å². The maximum absolute atomic E-state index is 11.8. The van der Waals surface area contributed by atoms with Gasteiger partial charge < -0.3 is 15.5 Å². The number of aromatic nitrogens is 1. The third-order valence-corrected chi connectivity index (χ3v) is 5.95. The summed E-state index contributed by atoms with van der Waals surface area (Å²) in [6.45, 7) is 9.29. The summed E-state index contributed by atoms with van der Waals surface area (Å²) in [5.74, 6) is 1.53. The molecule has 2 N–H and O–H groups in total. The molecule has 0 spiro atoms. The quantitative estimate of drug-likeness (QED) is 0.731. The Morgan fingerprint density at radius 1 is 1.41 bits per heavy atom. The molecule has 2 bridgehead atoms. The molecule has 4 unspecified atom stereocenters. The van der Waals surface area contributed by atoms with Gasteiger partial charge in [-0.05, 0) is 64.3 Å². The number of amides is 2. The van der Waals surface area contributed by atoms with Gasteiger partial charge in [0.05, 0.1) is 0 Å². The first kappa shape index (κ1) is 20.1. The minimum Gasteiger partial charge on any atom is -0.337 e. The summed E-state index contributed by atoms with van der Waals surface area (Å²) in [4.78, 5) is 21.3. The number of pyridine rings is 1. The first-order valence-corrected chi connectivity index (χ1v) is 10.4. The maximum atomic E-state index is 11.8. The molecule has 0 saturated carbocycles.